The van der Waals surface area contributed by atoms with Crippen molar-refractivity contribution in [3.63, 3.8) is 0 Å². The Morgan fingerprint density at radius 2 is 0.512 bits per heavy atom. The molecule has 1 N–H and O–H groups in total. The second-order valence-electron chi connectivity index (χ2n) is 12.7. The molecule has 246 valence electrons. The maximum absolute atomic E-state index is 12.1. The molecule has 0 amide bonds. The van der Waals surface area contributed by atoms with Crippen LogP contribution in [0.15, 0.2) is 0 Å². The van der Waals surface area contributed by atoms with Gasteiger partial charge in [-0.15, -0.1) is 0 Å². The molecule has 3 heteroatoms. The summed E-state index contributed by atoms with van der Waals surface area (Å²) in [6.07, 6.45) is 43.7. The van der Waals surface area contributed by atoms with Crippen LogP contribution in [0.4, 0.5) is 0 Å². The average molecular weight is 581 g/mol. The van der Waals surface area contributed by atoms with Crippen LogP contribution in [0.3, 0.4) is 0 Å². The van der Waals surface area contributed by atoms with Gasteiger partial charge in [-0.25, -0.2) is 0 Å². The summed E-state index contributed by atoms with van der Waals surface area (Å²) in [6, 6.07) is 0. The molecular formula is C38H76O3. The summed E-state index contributed by atoms with van der Waals surface area (Å²) in [6.45, 7) is 6.19. The molecule has 0 spiro atoms. The smallest absolute Gasteiger partial charge is 0.303 e. The third kappa shape index (κ3) is 43.7. The quantitative estimate of drug-likeness (QED) is 0.0785. The minimum atomic E-state index is -0.745. The number of hydrogen-bond acceptors (Lipinski definition) is 2. The van der Waals surface area contributed by atoms with E-state index >= 15 is 0 Å². The molecule has 41 heavy (non-hydrogen) atoms. The molecule has 0 atom stereocenters. The van der Waals surface area contributed by atoms with E-state index in [4.69, 9.17) is 5.11 Å². The van der Waals surface area contributed by atoms with Gasteiger partial charge in [-0.1, -0.05) is 201 Å². The maximum Gasteiger partial charge on any atom is 0.303 e. The number of carbonyl (C=O) groups is 2. The third-order valence-electron chi connectivity index (χ3n) is 8.42. The highest BCUT2D eigenvalue weighted by atomic mass is 16.4. The summed E-state index contributed by atoms with van der Waals surface area (Å²) in [5, 5.41) is 7.72. The highest BCUT2D eigenvalue weighted by molar-refractivity contribution is 5.78. The van der Waals surface area contributed by atoms with Crippen LogP contribution < -0.4 is 0 Å². The summed E-state index contributed by atoms with van der Waals surface area (Å²) < 4.78 is 0. The Morgan fingerprint density at radius 1 is 0.341 bits per heavy atom. The highest BCUT2D eigenvalue weighted by Gasteiger charge is 2.02. The third-order valence-corrected chi connectivity index (χ3v) is 8.42. The number of ketones is 1. The molecular weight excluding hydrogens is 504 g/mol. The van der Waals surface area contributed by atoms with Crippen molar-refractivity contribution in [2.75, 3.05) is 0 Å². The Bertz CT molecular complexity index is 466. The van der Waals surface area contributed by atoms with E-state index < -0.39 is 5.97 Å². The molecule has 0 unspecified atom stereocenters. The lowest BCUT2D eigenvalue weighted by Crippen LogP contribution is -1.97. The summed E-state index contributed by atoms with van der Waals surface area (Å²) in [7, 11) is 0. The fourth-order valence-corrected chi connectivity index (χ4v) is 5.51. The second kappa shape index (κ2) is 39.1. The molecule has 0 aromatic heterocycles. The van der Waals surface area contributed by atoms with Gasteiger partial charge >= 0.3 is 5.97 Å². The van der Waals surface area contributed by atoms with Gasteiger partial charge in [-0.2, -0.15) is 0 Å². The van der Waals surface area contributed by atoms with Crippen LogP contribution in [0.25, 0.3) is 0 Å². The van der Waals surface area contributed by atoms with E-state index in [0.29, 0.717) is 5.78 Å². The van der Waals surface area contributed by atoms with E-state index in [9.17, 15) is 9.59 Å². The summed E-state index contributed by atoms with van der Waals surface area (Å²) >= 11 is 0. The molecule has 0 heterocycles. The molecule has 0 radical (unpaired) electrons. The molecule has 0 aromatic rings. The van der Waals surface area contributed by atoms with Gasteiger partial charge in [0.15, 0.2) is 0 Å². The lowest BCUT2D eigenvalue weighted by molar-refractivity contribution is -0.136. The van der Waals surface area contributed by atoms with Crippen LogP contribution in [-0.4, -0.2) is 16.9 Å². The Kier molecular flexibility index (Phi) is 40.4. The van der Waals surface area contributed by atoms with Gasteiger partial charge in [0.2, 0.25) is 0 Å². The number of aliphatic carboxylic acids is 1. The fourth-order valence-electron chi connectivity index (χ4n) is 5.51. The number of rotatable bonds is 33. The van der Waals surface area contributed by atoms with Crippen molar-refractivity contribution in [1.82, 2.24) is 0 Å². The van der Waals surface area contributed by atoms with Gasteiger partial charge in [-0.05, 0) is 12.8 Å². The van der Waals surface area contributed by atoms with Crippen molar-refractivity contribution in [1.29, 1.82) is 0 Å². The van der Waals surface area contributed by atoms with Crippen molar-refractivity contribution in [2.24, 2.45) is 0 Å². The van der Waals surface area contributed by atoms with Crippen molar-refractivity contribution >= 4 is 11.8 Å². The van der Waals surface area contributed by atoms with Crippen molar-refractivity contribution in [3.8, 4) is 0 Å². The van der Waals surface area contributed by atoms with Gasteiger partial charge in [0.1, 0.15) is 5.78 Å². The number of carboxylic acids is 1. The van der Waals surface area contributed by atoms with E-state index in [1.807, 2.05) is 0 Å². The highest BCUT2D eigenvalue weighted by Crippen LogP contribution is 2.16. The largest absolute Gasteiger partial charge is 0.481 e. The molecule has 0 fully saturated rings. The van der Waals surface area contributed by atoms with E-state index in [0.717, 1.165) is 25.7 Å². The number of hydrogen-bond donors (Lipinski definition) is 1. The van der Waals surface area contributed by atoms with Gasteiger partial charge in [0.25, 0.3) is 0 Å². The topological polar surface area (TPSA) is 54.4 Å². The Balaban J connectivity index is 0. The number of carboxylic acid groups (broad SMARTS) is 1. The van der Waals surface area contributed by atoms with E-state index in [1.165, 1.54) is 180 Å². The minimum Gasteiger partial charge on any atom is -0.481 e. The van der Waals surface area contributed by atoms with Gasteiger partial charge in [0, 0.05) is 19.3 Å². The molecule has 0 aliphatic heterocycles. The van der Waals surface area contributed by atoms with Gasteiger partial charge in [0.05, 0.1) is 0 Å². The standard InChI is InChI=1S/C35H70O.C3H6O2/c1-3-5-7-9-11-13-15-17-19-21-23-25-27-29-31-33-35(36)34-32-30-28-26-24-22-20-18-16-14-12-10-8-6-4-2;1-2-3(4)5/h3-34H2,1-2H3;2H2,1H3,(H,4,5). The van der Waals surface area contributed by atoms with Crippen LogP contribution in [0.2, 0.25) is 0 Å². The van der Waals surface area contributed by atoms with Crippen LogP contribution in [0, 0.1) is 0 Å². The van der Waals surface area contributed by atoms with E-state index in [2.05, 4.69) is 13.8 Å². The predicted octanol–water partition coefficient (Wildman–Crippen LogP) is 13.6. The summed E-state index contributed by atoms with van der Waals surface area (Å²) in [5.41, 5.74) is 0. The lowest BCUT2D eigenvalue weighted by Gasteiger charge is -2.04. The molecule has 3 nitrogen and oxygen atoms in total. The SMILES string of the molecule is CCC(=O)O.CCCCCCCCCCCCCCCCCC(=O)CCCCCCCCCCCCCCCCC. The summed E-state index contributed by atoms with van der Waals surface area (Å²) in [4.78, 5) is 21.5. The molecule has 0 saturated heterocycles. The molecule has 0 bridgehead atoms. The molecule has 0 rings (SSSR count). The Morgan fingerprint density at radius 3 is 0.683 bits per heavy atom. The first-order chi connectivity index (χ1) is 20.1. The Labute approximate surface area is 258 Å². The number of Topliss-reactive ketones (excluding diaryl/α,β-unsaturated/α-hetero) is 1. The fraction of sp³-hybridized carbons (Fsp3) is 0.947. The zero-order valence-corrected chi connectivity index (χ0v) is 28.6. The van der Waals surface area contributed by atoms with Crippen LogP contribution >= 0.6 is 0 Å². The monoisotopic (exact) mass is 581 g/mol. The summed E-state index contributed by atoms with van der Waals surface area (Å²) in [5.74, 6) is -0.218. The molecule has 0 aliphatic rings. The van der Waals surface area contributed by atoms with Crippen molar-refractivity contribution in [3.05, 3.63) is 0 Å². The van der Waals surface area contributed by atoms with E-state index in [1.54, 1.807) is 6.92 Å². The van der Waals surface area contributed by atoms with Crippen LogP contribution in [0.1, 0.15) is 233 Å². The first-order valence-corrected chi connectivity index (χ1v) is 18.8. The van der Waals surface area contributed by atoms with Crippen molar-refractivity contribution < 1.29 is 14.7 Å². The zero-order valence-electron chi connectivity index (χ0n) is 28.6. The normalized spacial score (nSPS) is 10.9. The first-order valence-electron chi connectivity index (χ1n) is 18.8. The molecule has 0 aliphatic carbocycles. The predicted molar refractivity (Wildman–Crippen MR) is 182 cm³/mol. The number of carbonyl (C=O) groups excluding carboxylic acids is 1. The average Bonchev–Trinajstić information content (AvgIpc) is 2.97. The molecule has 0 aromatic carbocycles. The van der Waals surface area contributed by atoms with Gasteiger partial charge < -0.3 is 5.11 Å². The lowest BCUT2D eigenvalue weighted by atomic mass is 10.0. The van der Waals surface area contributed by atoms with Gasteiger partial charge in [-0.3, -0.25) is 9.59 Å². The molecule has 0 saturated carbocycles. The van der Waals surface area contributed by atoms with Crippen LogP contribution in [0.5, 0.6) is 0 Å². The Hall–Kier alpha value is -0.860. The second-order valence-corrected chi connectivity index (χ2v) is 12.7. The van der Waals surface area contributed by atoms with Crippen LogP contribution in [-0.2, 0) is 9.59 Å². The number of unbranched alkanes of at least 4 members (excludes halogenated alkanes) is 28. The van der Waals surface area contributed by atoms with Crippen molar-refractivity contribution in [2.45, 2.75) is 233 Å². The first kappa shape index (κ1) is 42.3. The van der Waals surface area contributed by atoms with E-state index in [-0.39, 0.29) is 6.42 Å². The minimum absolute atomic E-state index is 0.222. The maximum atomic E-state index is 12.1. The zero-order chi connectivity index (χ0) is 30.5.